The van der Waals surface area contributed by atoms with Crippen LogP contribution in [0.5, 0.6) is 0 Å². The van der Waals surface area contributed by atoms with Crippen LogP contribution in [0.1, 0.15) is 11.1 Å². The van der Waals surface area contributed by atoms with Gasteiger partial charge in [-0.1, -0.05) is 17.7 Å². The average molecular weight is 418 g/mol. The number of hydrogen-bond acceptors (Lipinski definition) is 5. The van der Waals surface area contributed by atoms with E-state index in [0.717, 1.165) is 0 Å². The summed E-state index contributed by atoms with van der Waals surface area (Å²) in [6, 6.07) is 10.7. The number of amides is 1. The summed E-state index contributed by atoms with van der Waals surface area (Å²) in [7, 11) is 0. The zero-order valence-corrected chi connectivity index (χ0v) is 15.8. The number of nitrogens with two attached hydrogens (primary N) is 1. The molecule has 3 aromatic rings. The Balaban J connectivity index is 1.84. The summed E-state index contributed by atoms with van der Waals surface area (Å²) < 4.78 is 27.1. The Morgan fingerprint density at radius 2 is 2.21 bits per heavy atom. The molecule has 10 heteroatoms. The largest absolute Gasteiger partial charge is 0.593 e. The topological polar surface area (TPSA) is 120 Å². The van der Waals surface area contributed by atoms with Crippen molar-refractivity contribution in [2.24, 2.45) is 5.14 Å². The maximum Gasteiger partial charge on any atom is 0.228 e. The summed E-state index contributed by atoms with van der Waals surface area (Å²) in [6.07, 6.45) is 2.56. The van der Waals surface area contributed by atoms with E-state index in [0.29, 0.717) is 16.9 Å². The van der Waals surface area contributed by atoms with Gasteiger partial charge in [0, 0.05) is 28.5 Å². The van der Waals surface area contributed by atoms with Crippen LogP contribution in [-0.4, -0.2) is 20.2 Å². The molecule has 0 aliphatic carbocycles. The minimum Gasteiger partial charge on any atom is -0.593 e. The van der Waals surface area contributed by atoms with Crippen LogP contribution in [0.3, 0.4) is 0 Å². The van der Waals surface area contributed by atoms with E-state index in [1.807, 2.05) is 6.07 Å². The highest BCUT2D eigenvalue weighted by atomic mass is 35.5. The Hall–Kier alpha value is -2.90. The predicted molar refractivity (Wildman–Crippen MR) is 103 cm³/mol. The highest BCUT2D eigenvalue weighted by molar-refractivity contribution is 7.89. The van der Waals surface area contributed by atoms with Gasteiger partial charge in [0.1, 0.15) is 17.6 Å². The van der Waals surface area contributed by atoms with E-state index >= 15 is 0 Å². The first kappa shape index (κ1) is 19.9. The molecule has 2 aromatic carbocycles. The number of anilines is 1. The third-order valence-electron chi connectivity index (χ3n) is 3.82. The molecule has 7 nitrogen and oxygen atoms in total. The van der Waals surface area contributed by atoms with Gasteiger partial charge in [-0.3, -0.25) is 4.79 Å². The molecule has 0 radical (unpaired) electrons. The molecule has 1 amide bonds. The monoisotopic (exact) mass is 417 g/mol. The summed E-state index contributed by atoms with van der Waals surface area (Å²) in [4.78, 5) is 12.5. The number of nitrogens with one attached hydrogen (secondary N) is 1. The Bertz CT molecular complexity index is 1060. The molecule has 1 heterocycles. The molecule has 28 heavy (non-hydrogen) atoms. The maximum atomic E-state index is 13.8. The van der Waals surface area contributed by atoms with Crippen molar-refractivity contribution in [2.45, 2.75) is 11.3 Å². The number of nitriles is 1. The van der Waals surface area contributed by atoms with E-state index < -0.39 is 23.1 Å². The second-order valence-corrected chi connectivity index (χ2v) is 7.13. The Morgan fingerprint density at radius 1 is 1.43 bits per heavy atom. The predicted octanol–water partition coefficient (Wildman–Crippen LogP) is 2.70. The normalized spacial score (nSPS) is 11.7. The first-order valence-electron chi connectivity index (χ1n) is 7.87. The SMILES string of the molecule is N#Cc1cnn(-c2ccc(NC(=O)Cc3c(F)cccc3Cl)cc2[S+](N)[O-])c1. The molecule has 1 atom stereocenters. The van der Waals surface area contributed by atoms with E-state index in [1.165, 1.54) is 41.3 Å². The van der Waals surface area contributed by atoms with Crippen molar-refractivity contribution in [3.8, 4) is 11.8 Å². The van der Waals surface area contributed by atoms with Crippen molar-refractivity contribution < 1.29 is 13.7 Å². The van der Waals surface area contributed by atoms with Gasteiger partial charge in [0.15, 0.2) is 0 Å². The van der Waals surface area contributed by atoms with Gasteiger partial charge < -0.3 is 9.87 Å². The molecular weight excluding hydrogens is 405 g/mol. The van der Waals surface area contributed by atoms with E-state index in [4.69, 9.17) is 22.0 Å². The fourth-order valence-electron chi connectivity index (χ4n) is 2.52. The smallest absolute Gasteiger partial charge is 0.228 e. The molecule has 142 valence electrons. The summed E-state index contributed by atoms with van der Waals surface area (Å²) in [5.41, 5.74) is 1.13. The van der Waals surface area contributed by atoms with Crippen molar-refractivity contribution in [1.29, 1.82) is 5.26 Å². The van der Waals surface area contributed by atoms with Gasteiger partial charge in [0.2, 0.25) is 10.8 Å². The first-order chi connectivity index (χ1) is 13.4. The fourth-order valence-corrected chi connectivity index (χ4v) is 3.36. The van der Waals surface area contributed by atoms with Crippen LogP contribution in [0, 0.1) is 17.1 Å². The Labute approximate surface area is 167 Å². The molecule has 0 saturated heterocycles. The van der Waals surface area contributed by atoms with Crippen LogP contribution < -0.4 is 10.5 Å². The van der Waals surface area contributed by atoms with E-state index in [2.05, 4.69) is 10.4 Å². The van der Waals surface area contributed by atoms with Crippen molar-refractivity contribution in [2.75, 3.05) is 5.32 Å². The van der Waals surface area contributed by atoms with Gasteiger partial charge in [0.05, 0.1) is 29.5 Å². The molecule has 0 saturated carbocycles. The number of carbonyl (C=O) groups excluding carboxylic acids is 1. The second-order valence-electron chi connectivity index (χ2n) is 5.69. The maximum absolute atomic E-state index is 13.8. The Kier molecular flexibility index (Phi) is 5.96. The van der Waals surface area contributed by atoms with Gasteiger partial charge in [-0.2, -0.15) is 10.4 Å². The standard InChI is InChI=1S/C18H13ClFN5O2S/c19-14-2-1-3-15(20)13(14)7-18(26)24-12-4-5-16(17(6-12)28(22)27)25-10-11(8-21)9-23-25/h1-6,9-10H,7,22H2,(H,24,26). The molecule has 3 rings (SSSR count). The number of hydrogen-bond donors (Lipinski definition) is 2. The van der Waals surface area contributed by atoms with Crippen molar-refractivity contribution in [1.82, 2.24) is 9.78 Å². The van der Waals surface area contributed by atoms with Gasteiger partial charge in [-0.25, -0.2) is 9.07 Å². The molecular formula is C18H13ClFN5O2S. The molecule has 0 spiro atoms. The summed E-state index contributed by atoms with van der Waals surface area (Å²) in [5.74, 6) is -1.08. The van der Waals surface area contributed by atoms with Gasteiger partial charge in [-0.15, -0.1) is 5.14 Å². The van der Waals surface area contributed by atoms with Gasteiger partial charge >= 0.3 is 0 Å². The van der Waals surface area contributed by atoms with Crippen LogP contribution in [0.25, 0.3) is 5.69 Å². The lowest BCUT2D eigenvalue weighted by Gasteiger charge is -2.12. The zero-order valence-electron chi connectivity index (χ0n) is 14.2. The summed E-state index contributed by atoms with van der Waals surface area (Å²) in [6.45, 7) is 0. The van der Waals surface area contributed by atoms with Gasteiger partial charge in [0.25, 0.3) is 0 Å². The molecule has 1 aromatic heterocycles. The van der Waals surface area contributed by atoms with Crippen LogP contribution in [0.15, 0.2) is 53.7 Å². The van der Waals surface area contributed by atoms with Crippen LogP contribution >= 0.6 is 11.6 Å². The van der Waals surface area contributed by atoms with Crippen molar-refractivity contribution in [3.63, 3.8) is 0 Å². The number of benzene rings is 2. The lowest BCUT2D eigenvalue weighted by molar-refractivity contribution is -0.115. The minimum atomic E-state index is -1.88. The van der Waals surface area contributed by atoms with E-state index in [1.54, 1.807) is 12.1 Å². The zero-order chi connectivity index (χ0) is 20.3. The molecule has 0 bridgehead atoms. The van der Waals surface area contributed by atoms with E-state index in [9.17, 15) is 13.7 Å². The van der Waals surface area contributed by atoms with Crippen LogP contribution in [0.4, 0.5) is 10.1 Å². The third kappa shape index (κ3) is 4.32. The highest BCUT2D eigenvalue weighted by Crippen LogP contribution is 2.24. The molecule has 1 unspecified atom stereocenters. The average Bonchev–Trinajstić information content (AvgIpc) is 3.14. The molecule has 0 aliphatic heterocycles. The fraction of sp³-hybridized carbons (Fsp3) is 0.0556. The van der Waals surface area contributed by atoms with Crippen LogP contribution in [-0.2, 0) is 22.6 Å². The minimum absolute atomic E-state index is 0.0847. The van der Waals surface area contributed by atoms with Crippen molar-refractivity contribution in [3.05, 3.63) is 70.8 Å². The van der Waals surface area contributed by atoms with Gasteiger partial charge in [-0.05, 0) is 24.3 Å². The molecule has 0 aliphatic rings. The number of nitrogens with zero attached hydrogens (tertiary/aromatic N) is 3. The highest BCUT2D eigenvalue weighted by Gasteiger charge is 2.18. The first-order valence-corrected chi connectivity index (χ1v) is 9.46. The lowest BCUT2D eigenvalue weighted by atomic mass is 10.1. The number of rotatable bonds is 5. The number of carbonyl (C=O) groups is 1. The summed E-state index contributed by atoms with van der Waals surface area (Å²) in [5, 5.41) is 21.2. The summed E-state index contributed by atoms with van der Waals surface area (Å²) >= 11 is 4.06. The number of aromatic nitrogens is 2. The Morgan fingerprint density at radius 3 is 2.86 bits per heavy atom. The lowest BCUT2D eigenvalue weighted by Crippen LogP contribution is -2.18. The second kappa shape index (κ2) is 8.41. The molecule has 3 N–H and O–H groups in total. The van der Waals surface area contributed by atoms with Crippen molar-refractivity contribution >= 4 is 34.6 Å². The number of halogens is 2. The third-order valence-corrected chi connectivity index (χ3v) is 4.93. The molecule has 0 fully saturated rings. The quantitative estimate of drug-likeness (QED) is 0.618. The van der Waals surface area contributed by atoms with Crippen LogP contribution in [0.2, 0.25) is 5.02 Å². The van der Waals surface area contributed by atoms with E-state index in [-0.39, 0.29) is 21.9 Å².